The number of aryl methyl sites for hydroxylation is 2. The molecule has 2 N–H and O–H groups in total. The minimum atomic E-state index is 0.0191. The monoisotopic (exact) mass is 417 g/mol. The number of amides is 1. The van der Waals surface area contributed by atoms with E-state index >= 15 is 0 Å². The molecule has 0 bridgehead atoms. The second-order valence-corrected chi connectivity index (χ2v) is 8.10. The standard InChI is InChI=1S/C25H27N3O3/c1-30-17-9-10-20-19(15-17)18-6-4-7-21(24(18)27-20)26-23(29)12-14-28-13-11-16-5-3-8-22(31-2)25(16)28/h3,5,8-11,13,15,21,27H,4,6-7,12,14H2,1-2H3,(H,26,29)/t21-/m0/s1. The van der Waals surface area contributed by atoms with Gasteiger partial charge in [-0.2, -0.15) is 0 Å². The van der Waals surface area contributed by atoms with Gasteiger partial charge in [-0.1, -0.05) is 12.1 Å². The van der Waals surface area contributed by atoms with Crippen LogP contribution in [0.3, 0.4) is 0 Å². The minimum Gasteiger partial charge on any atom is -0.497 e. The van der Waals surface area contributed by atoms with Gasteiger partial charge in [0.15, 0.2) is 0 Å². The molecule has 31 heavy (non-hydrogen) atoms. The number of fused-ring (bicyclic) bond motifs is 4. The fraction of sp³-hybridized carbons (Fsp3) is 0.320. The maximum Gasteiger partial charge on any atom is 0.222 e. The van der Waals surface area contributed by atoms with E-state index in [9.17, 15) is 4.79 Å². The number of carbonyl (C=O) groups excluding carboxylic acids is 1. The Balaban J connectivity index is 1.32. The quantitative estimate of drug-likeness (QED) is 0.477. The highest BCUT2D eigenvalue weighted by Crippen LogP contribution is 2.36. The molecular weight excluding hydrogens is 390 g/mol. The van der Waals surface area contributed by atoms with E-state index in [4.69, 9.17) is 9.47 Å². The lowest BCUT2D eigenvalue weighted by Gasteiger charge is -2.24. The summed E-state index contributed by atoms with van der Waals surface area (Å²) in [4.78, 5) is 16.4. The van der Waals surface area contributed by atoms with Gasteiger partial charge in [-0.25, -0.2) is 0 Å². The van der Waals surface area contributed by atoms with Gasteiger partial charge in [0.1, 0.15) is 11.5 Å². The van der Waals surface area contributed by atoms with Gasteiger partial charge in [-0.15, -0.1) is 0 Å². The zero-order valence-electron chi connectivity index (χ0n) is 17.9. The van der Waals surface area contributed by atoms with Crippen LogP contribution in [0, 0.1) is 0 Å². The number of aromatic amines is 1. The van der Waals surface area contributed by atoms with Crippen LogP contribution < -0.4 is 14.8 Å². The molecule has 4 aromatic rings. The van der Waals surface area contributed by atoms with Crippen molar-refractivity contribution in [2.24, 2.45) is 0 Å². The van der Waals surface area contributed by atoms with Gasteiger partial charge in [-0.3, -0.25) is 4.79 Å². The average Bonchev–Trinajstić information content (AvgIpc) is 3.39. The Morgan fingerprint density at radius 3 is 2.94 bits per heavy atom. The second-order valence-electron chi connectivity index (χ2n) is 8.10. The summed E-state index contributed by atoms with van der Waals surface area (Å²) in [5.74, 6) is 1.74. The zero-order valence-corrected chi connectivity index (χ0v) is 17.9. The van der Waals surface area contributed by atoms with Crippen LogP contribution in [0.5, 0.6) is 11.5 Å². The summed E-state index contributed by atoms with van der Waals surface area (Å²) in [7, 11) is 3.36. The molecule has 0 saturated heterocycles. The molecule has 2 heterocycles. The van der Waals surface area contributed by atoms with Crippen molar-refractivity contribution in [1.29, 1.82) is 0 Å². The van der Waals surface area contributed by atoms with Crippen LogP contribution in [0.2, 0.25) is 0 Å². The molecule has 6 heteroatoms. The highest BCUT2D eigenvalue weighted by Gasteiger charge is 2.25. The summed E-state index contributed by atoms with van der Waals surface area (Å²) in [6.07, 6.45) is 5.46. The van der Waals surface area contributed by atoms with Crippen LogP contribution in [-0.2, 0) is 17.8 Å². The van der Waals surface area contributed by atoms with Gasteiger partial charge in [0.2, 0.25) is 5.91 Å². The van der Waals surface area contributed by atoms with Crippen LogP contribution in [-0.4, -0.2) is 29.7 Å². The number of hydrogen-bond acceptors (Lipinski definition) is 3. The molecule has 1 atom stereocenters. The molecule has 6 nitrogen and oxygen atoms in total. The van der Waals surface area contributed by atoms with E-state index in [0.717, 1.165) is 52.9 Å². The number of methoxy groups -OCH3 is 2. The third-order valence-electron chi connectivity index (χ3n) is 6.30. The van der Waals surface area contributed by atoms with E-state index in [1.807, 2.05) is 24.4 Å². The number of rotatable bonds is 6. The minimum absolute atomic E-state index is 0.0191. The van der Waals surface area contributed by atoms with E-state index in [2.05, 4.69) is 39.1 Å². The highest BCUT2D eigenvalue weighted by atomic mass is 16.5. The van der Waals surface area contributed by atoms with Crippen molar-refractivity contribution in [3.05, 3.63) is 59.9 Å². The molecule has 1 aliphatic rings. The third kappa shape index (κ3) is 3.52. The first-order chi connectivity index (χ1) is 15.2. The zero-order chi connectivity index (χ0) is 21.4. The molecule has 5 rings (SSSR count). The summed E-state index contributed by atoms with van der Waals surface area (Å²) >= 11 is 0. The van der Waals surface area contributed by atoms with Gasteiger partial charge >= 0.3 is 0 Å². The van der Waals surface area contributed by atoms with E-state index in [1.54, 1.807) is 14.2 Å². The first-order valence-corrected chi connectivity index (χ1v) is 10.8. The molecule has 0 fully saturated rings. The number of ether oxygens (including phenoxy) is 2. The summed E-state index contributed by atoms with van der Waals surface area (Å²) in [5, 5.41) is 5.57. The van der Waals surface area contributed by atoms with Crippen molar-refractivity contribution in [3.63, 3.8) is 0 Å². The van der Waals surface area contributed by atoms with Crippen molar-refractivity contribution in [2.75, 3.05) is 14.2 Å². The number of aromatic nitrogens is 2. The number of hydrogen-bond donors (Lipinski definition) is 2. The van der Waals surface area contributed by atoms with Gasteiger partial charge in [-0.05, 0) is 55.2 Å². The highest BCUT2D eigenvalue weighted by molar-refractivity contribution is 5.87. The maximum atomic E-state index is 12.8. The molecule has 2 aromatic carbocycles. The van der Waals surface area contributed by atoms with E-state index in [1.165, 1.54) is 10.9 Å². The lowest BCUT2D eigenvalue weighted by atomic mass is 9.91. The van der Waals surface area contributed by atoms with E-state index in [-0.39, 0.29) is 11.9 Å². The second kappa shape index (κ2) is 8.02. The number of H-pyrrole nitrogens is 1. The number of nitrogens with zero attached hydrogens (tertiary/aromatic N) is 1. The predicted molar refractivity (Wildman–Crippen MR) is 122 cm³/mol. The normalized spacial score (nSPS) is 15.7. The van der Waals surface area contributed by atoms with Gasteiger partial charge in [0.25, 0.3) is 0 Å². The Morgan fingerprint density at radius 2 is 2.10 bits per heavy atom. The molecule has 1 amide bonds. The van der Waals surface area contributed by atoms with Crippen molar-refractivity contribution >= 4 is 27.7 Å². The predicted octanol–water partition coefficient (Wildman–Crippen LogP) is 4.72. The van der Waals surface area contributed by atoms with Crippen molar-refractivity contribution in [1.82, 2.24) is 14.9 Å². The lowest BCUT2D eigenvalue weighted by molar-refractivity contribution is -0.122. The Kier molecular flexibility index (Phi) is 5.06. The summed E-state index contributed by atoms with van der Waals surface area (Å²) in [6.45, 7) is 0.610. The molecule has 0 unspecified atom stereocenters. The smallest absolute Gasteiger partial charge is 0.222 e. The Bertz CT molecular complexity index is 1250. The fourth-order valence-electron chi connectivity index (χ4n) is 4.78. The summed E-state index contributed by atoms with van der Waals surface area (Å²) in [6, 6.07) is 14.2. The maximum absolute atomic E-state index is 12.8. The van der Waals surface area contributed by atoms with Gasteiger partial charge < -0.3 is 24.3 Å². The molecule has 0 radical (unpaired) electrons. The van der Waals surface area contributed by atoms with Crippen LogP contribution >= 0.6 is 0 Å². The Labute approximate surface area is 181 Å². The molecule has 0 aliphatic heterocycles. The summed E-state index contributed by atoms with van der Waals surface area (Å²) in [5.41, 5.74) is 4.56. The number of carbonyl (C=O) groups is 1. The van der Waals surface area contributed by atoms with E-state index in [0.29, 0.717) is 13.0 Å². The molecular formula is C25H27N3O3. The number of benzene rings is 2. The SMILES string of the molecule is COc1ccc2[nH]c3c(c2c1)CCC[C@@H]3NC(=O)CCn1ccc2cccc(OC)c21. The van der Waals surface area contributed by atoms with Gasteiger partial charge in [0, 0.05) is 41.1 Å². The molecule has 2 aromatic heterocycles. The Morgan fingerprint density at radius 1 is 1.19 bits per heavy atom. The fourth-order valence-corrected chi connectivity index (χ4v) is 4.78. The van der Waals surface area contributed by atoms with Crippen LogP contribution in [0.25, 0.3) is 21.8 Å². The average molecular weight is 418 g/mol. The summed E-state index contributed by atoms with van der Waals surface area (Å²) < 4.78 is 13.0. The molecule has 160 valence electrons. The number of nitrogens with one attached hydrogen (secondary N) is 2. The first-order valence-electron chi connectivity index (χ1n) is 10.8. The van der Waals surface area contributed by atoms with Crippen molar-refractivity contribution in [2.45, 2.75) is 38.3 Å². The van der Waals surface area contributed by atoms with Crippen LogP contribution in [0.4, 0.5) is 0 Å². The van der Waals surface area contributed by atoms with Gasteiger partial charge in [0.05, 0.1) is 25.8 Å². The largest absolute Gasteiger partial charge is 0.497 e. The van der Waals surface area contributed by atoms with Crippen molar-refractivity contribution in [3.8, 4) is 11.5 Å². The Hall–Kier alpha value is -3.41. The molecule has 0 spiro atoms. The number of para-hydroxylation sites is 1. The van der Waals surface area contributed by atoms with Crippen LogP contribution in [0.1, 0.15) is 36.6 Å². The molecule has 0 saturated carbocycles. The topological polar surface area (TPSA) is 68.3 Å². The third-order valence-corrected chi connectivity index (χ3v) is 6.30. The first kappa shape index (κ1) is 19.5. The lowest BCUT2D eigenvalue weighted by Crippen LogP contribution is -2.31. The van der Waals surface area contributed by atoms with Crippen molar-refractivity contribution < 1.29 is 14.3 Å². The molecule has 1 aliphatic carbocycles. The van der Waals surface area contributed by atoms with Crippen LogP contribution in [0.15, 0.2) is 48.7 Å². The van der Waals surface area contributed by atoms with E-state index < -0.39 is 0 Å².